The zero-order chi connectivity index (χ0) is 24.3. The van der Waals surface area contributed by atoms with E-state index >= 15 is 0 Å². The van der Waals surface area contributed by atoms with Crippen molar-refractivity contribution in [1.29, 1.82) is 0 Å². The standard InChI is InChI=1S/C34H54/c1-4-7-10-11-12-19-26-33(29-31-22-15-13-16-23-31)34(27-20-8-5-2,28-21-9-6-3)30-32-24-17-14-18-25-32/h13-18,22-25,33H,4-12,19-21,26-30H2,1-3H3. The van der Waals surface area contributed by atoms with Crippen LogP contribution in [0, 0.1) is 11.3 Å². The summed E-state index contributed by atoms with van der Waals surface area (Å²) in [7, 11) is 0. The summed E-state index contributed by atoms with van der Waals surface area (Å²) in [6.07, 6.45) is 23.2. The SMILES string of the molecule is CCCCCCCCC(Cc1ccccc1)C(CCCCC)(CCCCC)Cc1ccccc1. The third kappa shape index (κ3) is 10.8. The van der Waals surface area contributed by atoms with Crippen molar-refractivity contribution < 1.29 is 0 Å². The topological polar surface area (TPSA) is 0 Å². The summed E-state index contributed by atoms with van der Waals surface area (Å²) in [6.45, 7) is 7.03. The van der Waals surface area contributed by atoms with Crippen molar-refractivity contribution in [2.24, 2.45) is 11.3 Å². The first-order chi connectivity index (χ1) is 16.7. The van der Waals surface area contributed by atoms with Gasteiger partial charge in [-0.2, -0.15) is 0 Å². The molecule has 0 aliphatic heterocycles. The summed E-state index contributed by atoms with van der Waals surface area (Å²) >= 11 is 0. The minimum absolute atomic E-state index is 0.422. The fourth-order valence-corrected chi connectivity index (χ4v) is 6.01. The monoisotopic (exact) mass is 462 g/mol. The molecule has 2 aromatic rings. The van der Waals surface area contributed by atoms with Gasteiger partial charge in [-0.3, -0.25) is 0 Å². The van der Waals surface area contributed by atoms with Gasteiger partial charge in [-0.25, -0.2) is 0 Å². The van der Waals surface area contributed by atoms with Crippen molar-refractivity contribution in [3.63, 3.8) is 0 Å². The fourth-order valence-electron chi connectivity index (χ4n) is 6.01. The molecule has 0 amide bonds. The average molecular weight is 463 g/mol. The molecule has 0 saturated heterocycles. The van der Waals surface area contributed by atoms with Crippen LogP contribution in [0.15, 0.2) is 60.7 Å². The molecule has 2 rings (SSSR count). The third-order valence-corrected chi connectivity index (χ3v) is 8.05. The van der Waals surface area contributed by atoms with Crippen LogP contribution >= 0.6 is 0 Å². The van der Waals surface area contributed by atoms with Crippen molar-refractivity contribution in [3.05, 3.63) is 71.8 Å². The maximum absolute atomic E-state index is 2.39. The van der Waals surface area contributed by atoms with Gasteiger partial charge in [0.25, 0.3) is 0 Å². The van der Waals surface area contributed by atoms with E-state index in [-0.39, 0.29) is 0 Å². The molecule has 0 spiro atoms. The van der Waals surface area contributed by atoms with E-state index in [0.717, 1.165) is 5.92 Å². The maximum Gasteiger partial charge on any atom is -0.0219 e. The zero-order valence-electron chi connectivity index (χ0n) is 22.9. The first-order valence-corrected chi connectivity index (χ1v) is 14.8. The summed E-state index contributed by atoms with van der Waals surface area (Å²) in [5, 5.41) is 0. The number of unbranched alkanes of at least 4 members (excludes halogenated alkanes) is 9. The smallest absolute Gasteiger partial charge is 0.0219 e. The minimum Gasteiger partial charge on any atom is -0.0654 e. The van der Waals surface area contributed by atoms with Crippen LogP contribution in [0.1, 0.15) is 128 Å². The van der Waals surface area contributed by atoms with E-state index in [1.807, 2.05) is 0 Å². The molecule has 0 aliphatic carbocycles. The lowest BCUT2D eigenvalue weighted by Gasteiger charge is -2.43. The van der Waals surface area contributed by atoms with Crippen molar-refractivity contribution in [3.8, 4) is 0 Å². The van der Waals surface area contributed by atoms with E-state index in [2.05, 4.69) is 81.4 Å². The Morgan fingerprint density at radius 2 is 1.00 bits per heavy atom. The van der Waals surface area contributed by atoms with Crippen LogP contribution in [0.5, 0.6) is 0 Å². The maximum atomic E-state index is 2.39. The zero-order valence-corrected chi connectivity index (χ0v) is 22.9. The molecule has 190 valence electrons. The second-order valence-electron chi connectivity index (χ2n) is 10.9. The number of rotatable bonds is 20. The van der Waals surface area contributed by atoms with Gasteiger partial charge < -0.3 is 0 Å². The van der Waals surface area contributed by atoms with Crippen LogP contribution < -0.4 is 0 Å². The Labute approximate surface area is 213 Å². The predicted molar refractivity (Wildman–Crippen MR) is 152 cm³/mol. The Morgan fingerprint density at radius 3 is 1.56 bits per heavy atom. The first kappa shape index (κ1) is 28.7. The van der Waals surface area contributed by atoms with Gasteiger partial charge in [0.15, 0.2) is 0 Å². The van der Waals surface area contributed by atoms with E-state index < -0.39 is 0 Å². The molecule has 34 heavy (non-hydrogen) atoms. The van der Waals surface area contributed by atoms with Crippen LogP contribution in [0.4, 0.5) is 0 Å². The Balaban J connectivity index is 2.30. The molecule has 1 unspecified atom stereocenters. The summed E-state index contributed by atoms with van der Waals surface area (Å²) in [6, 6.07) is 22.9. The Hall–Kier alpha value is -1.56. The van der Waals surface area contributed by atoms with Crippen LogP contribution in [0.2, 0.25) is 0 Å². The number of benzene rings is 2. The molecule has 1 atom stereocenters. The highest BCUT2D eigenvalue weighted by Gasteiger charge is 2.37. The van der Waals surface area contributed by atoms with Crippen LogP contribution in [0.25, 0.3) is 0 Å². The summed E-state index contributed by atoms with van der Waals surface area (Å²) in [5.74, 6) is 0.773. The molecule has 0 nitrogen and oxygen atoms in total. The normalized spacial score (nSPS) is 12.7. The minimum atomic E-state index is 0.422. The van der Waals surface area contributed by atoms with Gasteiger partial charge in [-0.1, -0.05) is 158 Å². The van der Waals surface area contributed by atoms with E-state index in [4.69, 9.17) is 0 Å². The van der Waals surface area contributed by atoms with Gasteiger partial charge >= 0.3 is 0 Å². The molecule has 0 N–H and O–H groups in total. The lowest BCUT2D eigenvalue weighted by Crippen LogP contribution is -2.35. The second-order valence-corrected chi connectivity index (χ2v) is 10.9. The largest absolute Gasteiger partial charge is 0.0654 e. The third-order valence-electron chi connectivity index (χ3n) is 8.05. The van der Waals surface area contributed by atoms with E-state index in [1.165, 1.54) is 109 Å². The lowest BCUT2D eigenvalue weighted by atomic mass is 9.62. The molecular formula is C34H54. The highest BCUT2D eigenvalue weighted by molar-refractivity contribution is 5.19. The van der Waals surface area contributed by atoms with Crippen LogP contribution in [-0.4, -0.2) is 0 Å². The Bertz CT molecular complexity index is 691. The molecule has 0 heterocycles. The average Bonchev–Trinajstić information content (AvgIpc) is 2.87. The summed E-state index contributed by atoms with van der Waals surface area (Å²) < 4.78 is 0. The quantitative estimate of drug-likeness (QED) is 0.172. The molecule has 2 aromatic carbocycles. The fraction of sp³-hybridized carbons (Fsp3) is 0.647. The van der Waals surface area contributed by atoms with E-state index in [9.17, 15) is 0 Å². The second kappa shape index (κ2) is 17.8. The van der Waals surface area contributed by atoms with Crippen molar-refractivity contribution in [2.45, 2.75) is 130 Å². The number of hydrogen-bond donors (Lipinski definition) is 0. The molecule has 0 heteroatoms. The van der Waals surface area contributed by atoms with Gasteiger partial charge in [-0.15, -0.1) is 0 Å². The Morgan fingerprint density at radius 1 is 0.529 bits per heavy atom. The molecule has 0 radical (unpaired) electrons. The molecule has 0 saturated carbocycles. The lowest BCUT2D eigenvalue weighted by molar-refractivity contribution is 0.106. The molecule has 0 fully saturated rings. The van der Waals surface area contributed by atoms with E-state index in [0.29, 0.717) is 5.41 Å². The van der Waals surface area contributed by atoms with Crippen molar-refractivity contribution in [2.75, 3.05) is 0 Å². The molecule has 0 aliphatic rings. The number of hydrogen-bond acceptors (Lipinski definition) is 0. The van der Waals surface area contributed by atoms with Gasteiger partial charge in [0.1, 0.15) is 0 Å². The van der Waals surface area contributed by atoms with Gasteiger partial charge in [0, 0.05) is 0 Å². The van der Waals surface area contributed by atoms with Crippen LogP contribution in [-0.2, 0) is 12.8 Å². The molecule has 0 bridgehead atoms. The highest BCUT2D eigenvalue weighted by atomic mass is 14.4. The predicted octanol–water partition coefficient (Wildman–Crippen LogP) is 11.0. The molecule has 0 aromatic heterocycles. The van der Waals surface area contributed by atoms with Gasteiger partial charge in [-0.05, 0) is 54.6 Å². The highest BCUT2D eigenvalue weighted by Crippen LogP contribution is 2.46. The Kier molecular flexibility index (Phi) is 15.0. The van der Waals surface area contributed by atoms with Crippen molar-refractivity contribution >= 4 is 0 Å². The van der Waals surface area contributed by atoms with Crippen LogP contribution in [0.3, 0.4) is 0 Å². The summed E-state index contributed by atoms with van der Waals surface area (Å²) in [5.41, 5.74) is 3.52. The van der Waals surface area contributed by atoms with Gasteiger partial charge in [0.05, 0.1) is 0 Å². The van der Waals surface area contributed by atoms with E-state index in [1.54, 1.807) is 11.1 Å². The first-order valence-electron chi connectivity index (χ1n) is 14.8. The molecular weight excluding hydrogens is 408 g/mol. The van der Waals surface area contributed by atoms with Crippen molar-refractivity contribution in [1.82, 2.24) is 0 Å². The summed E-state index contributed by atoms with van der Waals surface area (Å²) in [4.78, 5) is 0. The van der Waals surface area contributed by atoms with Gasteiger partial charge in [0.2, 0.25) is 0 Å².